The third-order valence-electron chi connectivity index (χ3n) is 5.70. The lowest BCUT2D eigenvalue weighted by molar-refractivity contribution is 0.0612. The molecule has 2 heterocycles. The fraction of sp³-hybridized carbons (Fsp3) is 0.478. The Labute approximate surface area is 182 Å². The van der Waals surface area contributed by atoms with E-state index in [1.807, 2.05) is 17.0 Å². The normalized spacial score (nSPS) is 16.6. The van der Waals surface area contributed by atoms with Gasteiger partial charge in [-0.1, -0.05) is 6.07 Å². The second-order valence-corrected chi connectivity index (χ2v) is 8.63. The Morgan fingerprint density at radius 3 is 2.63 bits per heavy atom. The zero-order chi connectivity index (χ0) is 21.7. The quantitative estimate of drug-likeness (QED) is 0.597. The Bertz CT molecular complexity index is 895. The summed E-state index contributed by atoms with van der Waals surface area (Å²) in [5.74, 6) is 1.51. The van der Waals surface area contributed by atoms with E-state index in [1.165, 1.54) is 23.8 Å². The molecular formula is C23H30N2O4S. The molecular weight excluding hydrogens is 400 g/mol. The minimum atomic E-state index is 0.00506. The molecule has 1 unspecified atom stereocenters. The van der Waals surface area contributed by atoms with Crippen molar-refractivity contribution in [3.05, 3.63) is 45.6 Å². The first kappa shape index (κ1) is 22.3. The maximum atomic E-state index is 12.9. The van der Waals surface area contributed by atoms with E-state index < -0.39 is 0 Å². The van der Waals surface area contributed by atoms with E-state index in [-0.39, 0.29) is 11.7 Å². The zero-order valence-corrected chi connectivity index (χ0v) is 19.0. The van der Waals surface area contributed by atoms with Crippen LogP contribution in [0, 0.1) is 0 Å². The summed E-state index contributed by atoms with van der Waals surface area (Å²) in [6, 6.07) is 8.07. The Morgan fingerprint density at radius 2 is 1.97 bits per heavy atom. The zero-order valence-electron chi connectivity index (χ0n) is 18.1. The van der Waals surface area contributed by atoms with Gasteiger partial charge in [0.2, 0.25) is 0 Å². The smallest absolute Gasteiger partial charge is 0.254 e. The molecule has 1 aromatic carbocycles. The van der Waals surface area contributed by atoms with Crippen LogP contribution in [0.5, 0.6) is 11.5 Å². The van der Waals surface area contributed by atoms with Crippen molar-refractivity contribution in [2.45, 2.75) is 32.2 Å². The molecule has 0 saturated carbocycles. The summed E-state index contributed by atoms with van der Waals surface area (Å²) in [6.45, 7) is 3.91. The molecule has 162 valence electrons. The second-order valence-electron chi connectivity index (χ2n) is 7.72. The van der Waals surface area contributed by atoms with Crippen molar-refractivity contribution in [2.75, 3.05) is 40.9 Å². The Kier molecular flexibility index (Phi) is 7.50. The number of benzene rings is 1. The minimum absolute atomic E-state index is 0.00506. The van der Waals surface area contributed by atoms with Crippen molar-refractivity contribution in [1.82, 2.24) is 9.80 Å². The predicted octanol–water partition coefficient (Wildman–Crippen LogP) is 3.75. The van der Waals surface area contributed by atoms with Crippen LogP contribution in [0.25, 0.3) is 0 Å². The number of piperidine rings is 1. The van der Waals surface area contributed by atoms with Gasteiger partial charge in [0.25, 0.3) is 5.91 Å². The number of likely N-dealkylation sites (tertiary alicyclic amines) is 1. The number of ketones is 1. The number of rotatable bonds is 8. The number of likely N-dealkylation sites (N-methyl/N-ethyl adjacent to an activating group) is 1. The summed E-state index contributed by atoms with van der Waals surface area (Å²) in [6.07, 6.45) is 2.96. The molecule has 0 aliphatic carbocycles. The number of amides is 1. The molecule has 0 N–H and O–H groups in total. The SMILES string of the molecule is COc1ccc(CCN(C)C2CCCN(C(=O)c3csc(C(C)=O)c3)C2)cc1OC. The molecule has 1 aliphatic heterocycles. The highest BCUT2D eigenvalue weighted by Crippen LogP contribution is 2.28. The maximum absolute atomic E-state index is 12.9. The van der Waals surface area contributed by atoms with Crippen LogP contribution in [0.4, 0.5) is 0 Å². The van der Waals surface area contributed by atoms with Crippen molar-refractivity contribution in [3.63, 3.8) is 0 Å². The number of nitrogens with zero attached hydrogens (tertiary/aromatic N) is 2. The van der Waals surface area contributed by atoms with E-state index >= 15 is 0 Å². The summed E-state index contributed by atoms with van der Waals surface area (Å²) >= 11 is 1.34. The third-order valence-corrected chi connectivity index (χ3v) is 6.73. The summed E-state index contributed by atoms with van der Waals surface area (Å²) in [5, 5.41) is 1.80. The molecule has 0 bridgehead atoms. The minimum Gasteiger partial charge on any atom is -0.493 e. The summed E-state index contributed by atoms with van der Waals surface area (Å²) in [5.41, 5.74) is 1.82. The van der Waals surface area contributed by atoms with E-state index in [0.717, 1.165) is 43.9 Å². The van der Waals surface area contributed by atoms with Gasteiger partial charge in [-0.15, -0.1) is 11.3 Å². The number of methoxy groups -OCH3 is 2. The van der Waals surface area contributed by atoms with Crippen molar-refractivity contribution in [2.24, 2.45) is 0 Å². The molecule has 7 heteroatoms. The van der Waals surface area contributed by atoms with Gasteiger partial charge in [0.1, 0.15) is 0 Å². The molecule has 0 spiro atoms. The van der Waals surface area contributed by atoms with E-state index in [1.54, 1.807) is 25.7 Å². The highest BCUT2D eigenvalue weighted by atomic mass is 32.1. The molecule has 1 atom stereocenters. The first-order valence-electron chi connectivity index (χ1n) is 10.2. The van der Waals surface area contributed by atoms with Crippen molar-refractivity contribution in [1.29, 1.82) is 0 Å². The van der Waals surface area contributed by atoms with Crippen molar-refractivity contribution in [3.8, 4) is 11.5 Å². The van der Waals surface area contributed by atoms with Crippen LogP contribution >= 0.6 is 11.3 Å². The van der Waals surface area contributed by atoms with Crippen LogP contribution < -0.4 is 9.47 Å². The standard InChI is InChI=1S/C23H30N2O4S/c1-16(26)22-13-18(15-30-22)23(27)25-10-5-6-19(14-25)24(2)11-9-17-7-8-20(28-3)21(12-17)29-4/h7-8,12-13,15,19H,5-6,9-11,14H2,1-4H3. The van der Waals surface area contributed by atoms with Crippen LogP contribution in [-0.4, -0.2) is 68.4 Å². The maximum Gasteiger partial charge on any atom is 0.254 e. The second kappa shape index (κ2) is 10.1. The third kappa shape index (κ3) is 5.21. The first-order valence-corrected chi connectivity index (χ1v) is 11.1. The number of hydrogen-bond acceptors (Lipinski definition) is 6. The lowest BCUT2D eigenvalue weighted by Gasteiger charge is -2.37. The number of thiophene rings is 1. The Balaban J connectivity index is 1.58. The number of Topliss-reactive ketones (excluding diaryl/α,β-unsaturated/α-hetero) is 1. The van der Waals surface area contributed by atoms with Crippen molar-refractivity contribution < 1.29 is 19.1 Å². The fourth-order valence-corrected chi connectivity index (χ4v) is 4.62. The van der Waals surface area contributed by atoms with Gasteiger partial charge in [-0.05, 0) is 57.0 Å². The van der Waals surface area contributed by atoms with Gasteiger partial charge in [-0.3, -0.25) is 9.59 Å². The highest BCUT2D eigenvalue weighted by Gasteiger charge is 2.27. The van der Waals surface area contributed by atoms with E-state index in [0.29, 0.717) is 23.0 Å². The van der Waals surface area contributed by atoms with Crippen LogP contribution in [0.1, 0.15) is 45.4 Å². The molecule has 30 heavy (non-hydrogen) atoms. The van der Waals surface area contributed by atoms with Crippen LogP contribution in [0.3, 0.4) is 0 Å². The number of ether oxygens (including phenoxy) is 2. The number of carbonyl (C=O) groups excluding carboxylic acids is 2. The number of hydrogen-bond donors (Lipinski definition) is 0. The van der Waals surface area contributed by atoms with Gasteiger partial charge in [-0.25, -0.2) is 0 Å². The van der Waals surface area contributed by atoms with E-state index in [9.17, 15) is 9.59 Å². The Hall–Kier alpha value is -2.38. The average Bonchev–Trinajstić information content (AvgIpc) is 3.27. The molecule has 3 rings (SSSR count). The van der Waals surface area contributed by atoms with Crippen LogP contribution in [0.2, 0.25) is 0 Å². The number of carbonyl (C=O) groups is 2. The van der Waals surface area contributed by atoms with Crippen LogP contribution in [0.15, 0.2) is 29.6 Å². The molecule has 0 radical (unpaired) electrons. The molecule has 2 aromatic rings. The van der Waals surface area contributed by atoms with Crippen LogP contribution in [-0.2, 0) is 6.42 Å². The van der Waals surface area contributed by atoms with E-state index in [2.05, 4.69) is 18.0 Å². The highest BCUT2D eigenvalue weighted by molar-refractivity contribution is 7.12. The van der Waals surface area contributed by atoms with E-state index in [4.69, 9.17) is 9.47 Å². The summed E-state index contributed by atoms with van der Waals surface area (Å²) < 4.78 is 10.7. The summed E-state index contributed by atoms with van der Waals surface area (Å²) in [7, 11) is 5.41. The molecule has 1 saturated heterocycles. The van der Waals surface area contributed by atoms with Gasteiger partial charge in [0.05, 0.1) is 24.7 Å². The van der Waals surface area contributed by atoms with Gasteiger partial charge < -0.3 is 19.3 Å². The predicted molar refractivity (Wildman–Crippen MR) is 119 cm³/mol. The summed E-state index contributed by atoms with van der Waals surface area (Å²) in [4.78, 5) is 29.3. The molecule has 1 amide bonds. The monoisotopic (exact) mass is 430 g/mol. The molecule has 1 aliphatic rings. The topological polar surface area (TPSA) is 59.1 Å². The van der Waals surface area contributed by atoms with Crippen molar-refractivity contribution >= 4 is 23.0 Å². The molecule has 6 nitrogen and oxygen atoms in total. The lowest BCUT2D eigenvalue weighted by Crippen LogP contribution is -2.49. The fourth-order valence-electron chi connectivity index (χ4n) is 3.84. The Morgan fingerprint density at radius 1 is 1.20 bits per heavy atom. The molecule has 1 aromatic heterocycles. The van der Waals surface area contributed by atoms with Gasteiger partial charge in [-0.2, -0.15) is 0 Å². The lowest BCUT2D eigenvalue weighted by atomic mass is 10.0. The average molecular weight is 431 g/mol. The first-order chi connectivity index (χ1) is 14.4. The van der Waals surface area contributed by atoms with Gasteiger partial charge in [0.15, 0.2) is 17.3 Å². The largest absolute Gasteiger partial charge is 0.493 e. The molecule has 1 fully saturated rings. The van der Waals surface area contributed by atoms with Gasteiger partial charge in [0, 0.05) is 31.1 Å². The van der Waals surface area contributed by atoms with Gasteiger partial charge >= 0.3 is 0 Å².